The second-order valence-corrected chi connectivity index (χ2v) is 3.78. The molecule has 0 unspecified atom stereocenters. The molecule has 1 aromatic carbocycles. The minimum atomic E-state index is -0.353. The van der Waals surface area contributed by atoms with E-state index in [4.69, 9.17) is 23.4 Å². The summed E-state index contributed by atoms with van der Waals surface area (Å²) >= 11 is 0. The molecule has 0 saturated heterocycles. The minimum Gasteiger partial charge on any atom is 0 e. The molecular weight excluding hydrogens is 328 g/mol. The van der Waals surface area contributed by atoms with E-state index in [0.717, 1.165) is 41.9 Å². The number of aliphatic hydroxyl groups is 1. The van der Waals surface area contributed by atoms with E-state index in [0.29, 0.717) is 0 Å². The van der Waals surface area contributed by atoms with Gasteiger partial charge < -0.3 is 14.6 Å². The van der Waals surface area contributed by atoms with Gasteiger partial charge in [0.15, 0.2) is 11.5 Å². The van der Waals surface area contributed by atoms with Gasteiger partial charge in [-0.15, -0.1) is 0 Å². The first-order chi connectivity index (χ1) is 10.3. The number of hydrogen-bond acceptors (Lipinski definition) is 3. The fourth-order valence-corrected chi connectivity index (χ4v) is 2.20. The Kier molecular flexibility index (Phi) is 18.4. The van der Waals surface area contributed by atoms with E-state index in [-0.39, 0.29) is 23.5 Å². The molecule has 2 rings (SSSR count). The Morgan fingerprint density at radius 3 is 2.05 bits per heavy atom. The summed E-state index contributed by atoms with van der Waals surface area (Å²) in [6.45, 7) is 13.5. The van der Waals surface area contributed by atoms with Crippen LogP contribution in [0.15, 0.2) is 12.1 Å². The molecule has 6 nitrogen and oxygen atoms in total. The quantitative estimate of drug-likeness (QED) is 0.656. The third-order valence-corrected chi connectivity index (χ3v) is 2.95. The van der Waals surface area contributed by atoms with Gasteiger partial charge in [-0.1, -0.05) is 6.07 Å². The third kappa shape index (κ3) is 6.53. The van der Waals surface area contributed by atoms with Crippen molar-refractivity contribution in [1.82, 2.24) is 0 Å². The second kappa shape index (κ2) is 15.9. The topological polar surface area (TPSA) is 98.4 Å². The van der Waals surface area contributed by atoms with Crippen molar-refractivity contribution in [2.75, 3.05) is 14.2 Å². The van der Waals surface area contributed by atoms with Crippen molar-refractivity contribution in [3.05, 3.63) is 43.2 Å². The van der Waals surface area contributed by atoms with Crippen LogP contribution in [-0.4, -0.2) is 19.3 Å². The normalized spacial score (nSPS) is 13.6. The van der Waals surface area contributed by atoms with Crippen LogP contribution < -0.4 is 9.47 Å². The molecular formula is C15H16CrO6. The molecule has 1 aliphatic rings. The van der Waals surface area contributed by atoms with E-state index >= 15 is 0 Å². The van der Waals surface area contributed by atoms with Crippen LogP contribution in [0.5, 0.6) is 11.5 Å². The summed E-state index contributed by atoms with van der Waals surface area (Å²) < 4.78 is 33.1. The van der Waals surface area contributed by atoms with Gasteiger partial charge in [-0.25, -0.2) is 0 Å². The number of hydrogen-bond donors (Lipinski definition) is 1. The van der Waals surface area contributed by atoms with Gasteiger partial charge in [0.05, 0.1) is 20.3 Å². The largest absolute Gasteiger partial charge is 0 e. The van der Waals surface area contributed by atoms with Gasteiger partial charge in [-0.05, 0) is 30.9 Å². The van der Waals surface area contributed by atoms with Crippen LogP contribution in [0.25, 0.3) is 0 Å². The van der Waals surface area contributed by atoms with Gasteiger partial charge in [-0.2, -0.15) is 0 Å². The number of rotatable bonds is 2. The van der Waals surface area contributed by atoms with Gasteiger partial charge in [0.1, 0.15) is 0 Å². The summed E-state index contributed by atoms with van der Waals surface area (Å²) in [5.74, 6) is 1.51. The molecule has 1 N–H and O–H groups in total. The Morgan fingerprint density at radius 1 is 1.05 bits per heavy atom. The Balaban J connectivity index is -0.000000463. The maximum atomic E-state index is 9.85. The zero-order valence-corrected chi connectivity index (χ0v) is 13.5. The van der Waals surface area contributed by atoms with E-state index < -0.39 is 0 Å². The van der Waals surface area contributed by atoms with E-state index in [2.05, 4.69) is 20.0 Å². The summed E-state index contributed by atoms with van der Waals surface area (Å²) in [5.41, 5.74) is 2.08. The summed E-state index contributed by atoms with van der Waals surface area (Å²) in [6.07, 6.45) is 2.43. The summed E-state index contributed by atoms with van der Waals surface area (Å²) in [5, 5.41) is 9.85. The predicted molar refractivity (Wildman–Crippen MR) is 69.2 cm³/mol. The number of benzene rings is 1. The first-order valence-electron chi connectivity index (χ1n) is 5.81. The van der Waals surface area contributed by atoms with Crippen molar-refractivity contribution in [3.63, 3.8) is 0 Å². The Morgan fingerprint density at radius 2 is 1.59 bits per heavy atom. The molecule has 0 fully saturated rings. The van der Waals surface area contributed by atoms with Gasteiger partial charge >= 0.3 is 33.9 Å². The molecule has 0 saturated carbocycles. The van der Waals surface area contributed by atoms with Crippen LogP contribution in [0.4, 0.5) is 0 Å². The van der Waals surface area contributed by atoms with Crippen LogP contribution in [0.2, 0.25) is 0 Å². The number of ether oxygens (including phenoxy) is 2. The molecule has 7 heteroatoms. The van der Waals surface area contributed by atoms with Gasteiger partial charge in [-0.3, -0.25) is 0 Å². The number of fused-ring (bicyclic) bond motifs is 1. The smallest absolute Gasteiger partial charge is 0 e. The maximum absolute atomic E-state index is 9.85. The molecule has 0 heterocycles. The van der Waals surface area contributed by atoms with Crippen molar-refractivity contribution < 1.29 is 45.9 Å². The second-order valence-electron chi connectivity index (χ2n) is 3.78. The molecule has 0 radical (unpaired) electrons. The van der Waals surface area contributed by atoms with E-state index in [1.165, 1.54) is 0 Å². The molecule has 0 amide bonds. The minimum absolute atomic E-state index is 0. The predicted octanol–water partition coefficient (Wildman–Crippen LogP) is 1.96. The van der Waals surface area contributed by atoms with Crippen molar-refractivity contribution in [2.45, 2.75) is 25.4 Å². The van der Waals surface area contributed by atoms with Crippen LogP contribution in [0, 0.1) is 20.0 Å². The molecule has 0 aromatic heterocycles. The molecule has 0 spiro atoms. The summed E-state index contributed by atoms with van der Waals surface area (Å²) in [4.78, 5) is 0. The first-order valence-corrected chi connectivity index (χ1v) is 5.81. The molecule has 1 atom stereocenters. The van der Waals surface area contributed by atoms with Crippen LogP contribution in [-0.2, 0) is 37.7 Å². The molecule has 22 heavy (non-hydrogen) atoms. The molecule has 0 bridgehead atoms. The van der Waals surface area contributed by atoms with Crippen LogP contribution in [0.1, 0.15) is 30.1 Å². The monoisotopic (exact) mass is 344 g/mol. The fraction of sp³-hybridized carbons (Fsp3) is 0.400. The van der Waals surface area contributed by atoms with Crippen molar-refractivity contribution >= 4 is 0 Å². The van der Waals surface area contributed by atoms with E-state index in [1.54, 1.807) is 14.2 Å². The fourth-order valence-electron chi connectivity index (χ4n) is 2.20. The third-order valence-electron chi connectivity index (χ3n) is 2.95. The number of aliphatic hydroxyl groups excluding tert-OH is 1. The van der Waals surface area contributed by atoms with Gasteiger partial charge in [0.25, 0.3) is 0 Å². The zero-order chi connectivity index (χ0) is 16.8. The molecule has 0 aliphatic heterocycles. The molecule has 1 aromatic rings. The van der Waals surface area contributed by atoms with E-state index in [9.17, 15) is 5.11 Å². The summed E-state index contributed by atoms with van der Waals surface area (Å²) in [7, 11) is 3.27. The van der Waals surface area contributed by atoms with Crippen molar-refractivity contribution in [1.29, 1.82) is 0 Å². The Hall–Kier alpha value is -1.47. The average Bonchev–Trinajstić information content (AvgIpc) is 2.59. The van der Waals surface area contributed by atoms with E-state index in [1.807, 2.05) is 12.1 Å². The van der Waals surface area contributed by atoms with Crippen molar-refractivity contribution in [2.24, 2.45) is 0 Å². The average molecular weight is 344 g/mol. The Labute approximate surface area is 140 Å². The number of methoxy groups -OCH3 is 2. The maximum Gasteiger partial charge on any atom is 0 e. The van der Waals surface area contributed by atoms with Crippen LogP contribution >= 0.6 is 0 Å². The van der Waals surface area contributed by atoms with Crippen molar-refractivity contribution in [3.8, 4) is 11.5 Å². The first kappa shape index (κ1) is 25.5. The van der Waals surface area contributed by atoms with Crippen LogP contribution in [0.3, 0.4) is 0 Å². The summed E-state index contributed by atoms with van der Waals surface area (Å²) in [6, 6.07) is 3.78. The molecule has 118 valence electrons. The molecule has 1 aliphatic carbocycles. The SMILES string of the molecule is COc1ccc2c(c1OC)CCC[C@@H]2O.[C-]#[O+].[C-]#[O+].[C-]#[O+].[Cr]. The standard InChI is InChI=1S/C12H16O3.3CO.Cr/c1-14-11-7-6-8-9(12(11)15-2)4-3-5-10(8)13;3*1-2;/h6-7,10,13H,3-5H2,1-2H3;;;;/t10-;;;;/m0..../s1. The van der Waals surface area contributed by atoms with Gasteiger partial charge in [0, 0.05) is 22.9 Å². The zero-order valence-electron chi connectivity index (χ0n) is 12.3. The van der Waals surface area contributed by atoms with Gasteiger partial charge in [0.2, 0.25) is 0 Å². The Bertz CT molecular complexity index is 467.